The van der Waals surface area contributed by atoms with E-state index in [1.165, 1.54) is 18.6 Å². The number of carboxylic acid groups (broad SMARTS) is 2. The number of ether oxygens (including phenoxy) is 1. The van der Waals surface area contributed by atoms with Crippen molar-refractivity contribution < 1.29 is 37.7 Å². The molecule has 0 aromatic carbocycles. The maximum Gasteiger partial charge on any atom is 0.490 e. The Morgan fingerprint density at radius 3 is 2.17 bits per heavy atom. The molecule has 2 N–H and O–H groups in total. The van der Waals surface area contributed by atoms with Crippen molar-refractivity contribution in [2.45, 2.75) is 6.18 Å². The number of rotatable bonds is 3. The number of aliphatic carboxylic acids is 2. The van der Waals surface area contributed by atoms with E-state index < -0.39 is 24.7 Å². The van der Waals surface area contributed by atoms with Gasteiger partial charge < -0.3 is 14.9 Å². The summed E-state index contributed by atoms with van der Waals surface area (Å²) < 4.78 is 36.4. The summed E-state index contributed by atoms with van der Waals surface area (Å²) in [7, 11) is 0. The number of halogens is 3. The lowest BCUT2D eigenvalue weighted by Gasteiger charge is -1.98. The van der Waals surface area contributed by atoms with Gasteiger partial charge in [-0.05, 0) is 0 Å². The van der Waals surface area contributed by atoms with Gasteiger partial charge in [-0.25, -0.2) is 14.6 Å². The fraction of sp³-hybridized carbons (Fsp3) is 0.250. The molecular weight excluding hydrogens is 261 g/mol. The first-order valence-corrected chi connectivity index (χ1v) is 4.14. The summed E-state index contributed by atoms with van der Waals surface area (Å²) in [5.41, 5.74) is 0. The van der Waals surface area contributed by atoms with Crippen LogP contribution in [0.3, 0.4) is 0 Å². The average molecular weight is 268 g/mol. The molecule has 0 unspecified atom stereocenters. The zero-order valence-electron chi connectivity index (χ0n) is 8.59. The predicted molar refractivity (Wildman–Crippen MR) is 48.9 cm³/mol. The quantitative estimate of drug-likeness (QED) is 0.824. The average Bonchev–Trinajstić information content (AvgIpc) is 2.27. The van der Waals surface area contributed by atoms with Crippen LogP contribution in [-0.2, 0) is 9.59 Å². The first kappa shape index (κ1) is 15.6. The van der Waals surface area contributed by atoms with Crippen molar-refractivity contribution in [1.82, 2.24) is 9.97 Å². The number of carbonyl (C=O) groups is 2. The molecule has 0 bridgehead atoms. The van der Waals surface area contributed by atoms with Gasteiger partial charge in [0.15, 0.2) is 6.61 Å². The maximum absolute atomic E-state index is 10.6. The van der Waals surface area contributed by atoms with E-state index in [-0.39, 0.29) is 5.88 Å². The zero-order valence-corrected chi connectivity index (χ0v) is 8.59. The van der Waals surface area contributed by atoms with Crippen LogP contribution in [0.4, 0.5) is 13.2 Å². The van der Waals surface area contributed by atoms with Gasteiger partial charge in [0.05, 0.1) is 6.20 Å². The summed E-state index contributed by atoms with van der Waals surface area (Å²) >= 11 is 0. The fourth-order valence-electron chi connectivity index (χ4n) is 0.496. The molecule has 0 fully saturated rings. The van der Waals surface area contributed by atoms with Gasteiger partial charge in [-0.15, -0.1) is 0 Å². The highest BCUT2D eigenvalue weighted by molar-refractivity contribution is 5.73. The van der Waals surface area contributed by atoms with Crippen LogP contribution >= 0.6 is 0 Å². The topological polar surface area (TPSA) is 110 Å². The van der Waals surface area contributed by atoms with Crippen LogP contribution < -0.4 is 4.74 Å². The molecule has 1 aromatic heterocycles. The smallest absolute Gasteiger partial charge is 0.479 e. The van der Waals surface area contributed by atoms with Crippen LogP contribution in [0.25, 0.3) is 0 Å². The zero-order chi connectivity index (χ0) is 14.2. The highest BCUT2D eigenvalue weighted by Gasteiger charge is 2.38. The van der Waals surface area contributed by atoms with Crippen molar-refractivity contribution in [3.05, 3.63) is 18.6 Å². The molecule has 10 heteroatoms. The molecular formula is C8H7F3N2O5. The Morgan fingerprint density at radius 1 is 1.28 bits per heavy atom. The molecule has 7 nitrogen and oxygen atoms in total. The summed E-state index contributed by atoms with van der Waals surface area (Å²) in [5, 5.41) is 15.3. The van der Waals surface area contributed by atoms with Crippen molar-refractivity contribution in [3.63, 3.8) is 0 Å². The monoisotopic (exact) mass is 268 g/mol. The van der Waals surface area contributed by atoms with Gasteiger partial charge in [-0.2, -0.15) is 13.2 Å². The molecule has 0 spiro atoms. The molecule has 0 aliphatic rings. The largest absolute Gasteiger partial charge is 0.490 e. The van der Waals surface area contributed by atoms with Crippen LogP contribution in [0.2, 0.25) is 0 Å². The van der Waals surface area contributed by atoms with Crippen LogP contribution in [0.1, 0.15) is 0 Å². The number of hydrogen-bond donors (Lipinski definition) is 2. The van der Waals surface area contributed by atoms with Crippen molar-refractivity contribution in [1.29, 1.82) is 0 Å². The standard InChI is InChI=1S/C6H6N2O3.C2HF3O2/c9-6(10)4-11-5-3-7-1-2-8-5;3-2(4,5)1(6)7/h1-3H,4H2,(H,9,10);(H,6,7). The van der Waals surface area contributed by atoms with Gasteiger partial charge in [0.2, 0.25) is 5.88 Å². The van der Waals surface area contributed by atoms with Gasteiger partial charge >= 0.3 is 18.1 Å². The number of alkyl halides is 3. The molecule has 0 atom stereocenters. The lowest BCUT2D eigenvalue weighted by Crippen LogP contribution is -2.21. The van der Waals surface area contributed by atoms with Gasteiger partial charge in [-0.1, -0.05) is 0 Å². The highest BCUT2D eigenvalue weighted by atomic mass is 19.4. The highest BCUT2D eigenvalue weighted by Crippen LogP contribution is 2.13. The van der Waals surface area contributed by atoms with E-state index in [0.717, 1.165) is 0 Å². The van der Waals surface area contributed by atoms with E-state index in [2.05, 4.69) is 9.97 Å². The molecule has 0 amide bonds. The van der Waals surface area contributed by atoms with E-state index >= 15 is 0 Å². The Balaban J connectivity index is 0.000000360. The van der Waals surface area contributed by atoms with Crippen LogP contribution in [0.15, 0.2) is 18.6 Å². The summed E-state index contributed by atoms with van der Waals surface area (Å²) in [5.74, 6) is -3.57. The third-order valence-electron chi connectivity index (χ3n) is 1.13. The van der Waals surface area contributed by atoms with Gasteiger partial charge in [0.25, 0.3) is 0 Å². The van der Waals surface area contributed by atoms with Crippen LogP contribution in [0, 0.1) is 0 Å². The molecule has 0 saturated heterocycles. The molecule has 1 heterocycles. The first-order valence-electron chi connectivity index (χ1n) is 4.14. The Morgan fingerprint density at radius 2 is 1.83 bits per heavy atom. The fourth-order valence-corrected chi connectivity index (χ4v) is 0.496. The SMILES string of the molecule is O=C(O)C(F)(F)F.O=C(O)COc1cnccn1. The van der Waals surface area contributed by atoms with E-state index in [4.69, 9.17) is 19.7 Å². The predicted octanol–water partition coefficient (Wildman–Crippen LogP) is 0.573. The summed E-state index contributed by atoms with van der Waals surface area (Å²) in [6, 6.07) is 0. The lowest BCUT2D eigenvalue weighted by molar-refractivity contribution is -0.192. The van der Waals surface area contributed by atoms with E-state index in [9.17, 15) is 18.0 Å². The third kappa shape index (κ3) is 7.84. The second kappa shape index (κ2) is 7.04. The lowest BCUT2D eigenvalue weighted by atomic mass is 10.7. The third-order valence-corrected chi connectivity index (χ3v) is 1.13. The minimum atomic E-state index is -5.08. The maximum atomic E-state index is 10.6. The Kier molecular flexibility index (Phi) is 6.10. The van der Waals surface area contributed by atoms with Crippen molar-refractivity contribution >= 4 is 11.9 Å². The van der Waals surface area contributed by atoms with E-state index in [1.54, 1.807) is 0 Å². The van der Waals surface area contributed by atoms with Gasteiger partial charge in [0.1, 0.15) is 0 Å². The molecule has 0 radical (unpaired) electrons. The second-order valence-corrected chi connectivity index (χ2v) is 2.53. The first-order chi connectivity index (χ1) is 8.23. The molecule has 0 saturated carbocycles. The number of aromatic nitrogens is 2. The van der Waals surface area contributed by atoms with E-state index in [1.807, 2.05) is 0 Å². The Bertz CT molecular complexity index is 395. The van der Waals surface area contributed by atoms with Crippen molar-refractivity contribution in [2.75, 3.05) is 6.61 Å². The van der Waals surface area contributed by atoms with Crippen LogP contribution in [-0.4, -0.2) is 44.9 Å². The minimum Gasteiger partial charge on any atom is -0.479 e. The molecule has 0 aliphatic heterocycles. The Labute approximate surface area is 97.9 Å². The Hall–Kier alpha value is -2.39. The normalized spacial score (nSPS) is 9.94. The summed E-state index contributed by atoms with van der Waals surface area (Å²) in [6.07, 6.45) is -0.826. The molecule has 0 aliphatic carbocycles. The van der Waals surface area contributed by atoms with E-state index in [0.29, 0.717) is 0 Å². The number of hydrogen-bond acceptors (Lipinski definition) is 5. The van der Waals surface area contributed by atoms with Crippen LogP contribution in [0.5, 0.6) is 5.88 Å². The van der Waals surface area contributed by atoms with Crippen molar-refractivity contribution in [3.8, 4) is 5.88 Å². The molecule has 18 heavy (non-hydrogen) atoms. The number of nitrogens with zero attached hydrogens (tertiary/aromatic N) is 2. The minimum absolute atomic E-state index is 0.218. The molecule has 1 rings (SSSR count). The second-order valence-electron chi connectivity index (χ2n) is 2.53. The number of carboxylic acids is 2. The van der Waals surface area contributed by atoms with Crippen molar-refractivity contribution in [2.24, 2.45) is 0 Å². The summed E-state index contributed by atoms with van der Waals surface area (Å²) in [6.45, 7) is -0.390. The molecule has 100 valence electrons. The molecule has 1 aromatic rings. The van der Waals surface area contributed by atoms with Gasteiger partial charge in [0, 0.05) is 12.4 Å². The summed E-state index contributed by atoms with van der Waals surface area (Å²) in [4.78, 5) is 26.3. The van der Waals surface area contributed by atoms with Gasteiger partial charge in [-0.3, -0.25) is 4.98 Å².